The Morgan fingerprint density at radius 3 is 2.92 bits per heavy atom. The van der Waals surface area contributed by atoms with Gasteiger partial charge in [-0.25, -0.2) is 4.98 Å². The first-order valence-corrected chi connectivity index (χ1v) is 5.95. The van der Waals surface area contributed by atoms with Crippen LogP contribution in [0.3, 0.4) is 0 Å². The molecule has 1 aromatic heterocycles. The molecule has 2 aliphatic rings. The number of hydrogen-bond acceptors (Lipinski definition) is 3. The summed E-state index contributed by atoms with van der Waals surface area (Å²) in [6, 6.07) is 0. The van der Waals surface area contributed by atoms with Gasteiger partial charge in [-0.15, -0.1) is 11.3 Å². The van der Waals surface area contributed by atoms with E-state index in [1.54, 1.807) is 0 Å². The average molecular weight is 194 g/mol. The zero-order chi connectivity index (χ0) is 8.67. The van der Waals surface area contributed by atoms with Crippen LogP contribution in [0, 0.1) is 5.92 Å². The van der Waals surface area contributed by atoms with Gasteiger partial charge in [0.15, 0.2) is 0 Å². The molecule has 0 amide bonds. The van der Waals surface area contributed by atoms with E-state index in [9.17, 15) is 0 Å². The van der Waals surface area contributed by atoms with Crippen molar-refractivity contribution in [2.24, 2.45) is 5.92 Å². The fourth-order valence-electron chi connectivity index (χ4n) is 1.72. The summed E-state index contributed by atoms with van der Waals surface area (Å²) < 4.78 is 0. The molecule has 0 aromatic carbocycles. The zero-order valence-electron chi connectivity index (χ0n) is 7.62. The maximum atomic E-state index is 4.68. The van der Waals surface area contributed by atoms with E-state index in [1.165, 1.54) is 43.1 Å². The monoisotopic (exact) mass is 194 g/mol. The molecule has 1 aliphatic carbocycles. The van der Waals surface area contributed by atoms with Crippen LogP contribution in [0.1, 0.15) is 29.5 Å². The summed E-state index contributed by atoms with van der Waals surface area (Å²) in [5.41, 5.74) is 1.33. The van der Waals surface area contributed by atoms with Crippen LogP contribution in [-0.2, 0) is 6.42 Å². The van der Waals surface area contributed by atoms with Crippen LogP contribution in [-0.4, -0.2) is 18.1 Å². The molecular weight excluding hydrogens is 180 g/mol. The number of hydrogen-bond donors (Lipinski definition) is 1. The summed E-state index contributed by atoms with van der Waals surface area (Å²) in [5, 5.41) is 6.95. The van der Waals surface area contributed by atoms with Crippen LogP contribution in [0.5, 0.6) is 0 Å². The SMILES string of the molecule is c1sc(C2CC2)nc1CC1CNC1. The van der Waals surface area contributed by atoms with Gasteiger partial charge >= 0.3 is 0 Å². The molecule has 0 unspecified atom stereocenters. The van der Waals surface area contributed by atoms with E-state index in [1.807, 2.05) is 11.3 Å². The molecule has 1 aromatic rings. The maximum absolute atomic E-state index is 4.68. The van der Waals surface area contributed by atoms with Crippen LogP contribution in [0.15, 0.2) is 5.38 Å². The summed E-state index contributed by atoms with van der Waals surface area (Å²) in [6.07, 6.45) is 3.94. The number of thiazole rings is 1. The summed E-state index contributed by atoms with van der Waals surface area (Å²) in [4.78, 5) is 4.68. The Morgan fingerprint density at radius 2 is 2.31 bits per heavy atom. The molecule has 1 aliphatic heterocycles. The van der Waals surface area contributed by atoms with Crippen LogP contribution >= 0.6 is 11.3 Å². The molecular formula is C10H14N2S. The minimum Gasteiger partial charge on any atom is -0.316 e. The highest BCUT2D eigenvalue weighted by atomic mass is 32.1. The lowest BCUT2D eigenvalue weighted by molar-refractivity contribution is 0.344. The van der Waals surface area contributed by atoms with Crippen LogP contribution in [0.25, 0.3) is 0 Å². The van der Waals surface area contributed by atoms with Gasteiger partial charge in [-0.05, 0) is 38.3 Å². The van der Waals surface area contributed by atoms with E-state index < -0.39 is 0 Å². The van der Waals surface area contributed by atoms with E-state index in [4.69, 9.17) is 0 Å². The van der Waals surface area contributed by atoms with Crippen molar-refractivity contribution in [3.63, 3.8) is 0 Å². The van der Waals surface area contributed by atoms with Gasteiger partial charge in [-0.3, -0.25) is 0 Å². The summed E-state index contributed by atoms with van der Waals surface area (Å²) in [7, 11) is 0. The zero-order valence-corrected chi connectivity index (χ0v) is 8.44. The van der Waals surface area contributed by atoms with E-state index >= 15 is 0 Å². The van der Waals surface area contributed by atoms with Gasteiger partial charge < -0.3 is 5.32 Å². The van der Waals surface area contributed by atoms with Gasteiger partial charge in [-0.2, -0.15) is 0 Å². The molecule has 0 spiro atoms. The van der Waals surface area contributed by atoms with Crippen molar-refractivity contribution < 1.29 is 0 Å². The lowest BCUT2D eigenvalue weighted by Crippen LogP contribution is -2.43. The van der Waals surface area contributed by atoms with Crippen LogP contribution in [0.4, 0.5) is 0 Å². The summed E-state index contributed by atoms with van der Waals surface area (Å²) in [6.45, 7) is 2.38. The molecule has 3 heteroatoms. The number of nitrogens with zero attached hydrogens (tertiary/aromatic N) is 1. The first kappa shape index (κ1) is 7.94. The van der Waals surface area contributed by atoms with Gasteiger partial charge in [0, 0.05) is 11.3 Å². The van der Waals surface area contributed by atoms with E-state index in [2.05, 4.69) is 15.7 Å². The Kier molecular flexibility index (Phi) is 1.87. The maximum Gasteiger partial charge on any atom is 0.0959 e. The van der Waals surface area contributed by atoms with E-state index in [0.29, 0.717) is 0 Å². The summed E-state index contributed by atoms with van der Waals surface area (Å²) >= 11 is 1.87. The lowest BCUT2D eigenvalue weighted by atomic mass is 9.98. The van der Waals surface area contributed by atoms with Crippen LogP contribution in [0.2, 0.25) is 0 Å². The minimum absolute atomic E-state index is 0.832. The Labute approximate surface area is 82.4 Å². The standard InChI is InChI=1S/C10H14N2S/c1-2-8(1)10-12-9(6-13-10)3-7-4-11-5-7/h6-8,11H,1-5H2. The molecule has 70 valence electrons. The molecule has 2 fully saturated rings. The first-order valence-electron chi connectivity index (χ1n) is 5.07. The summed E-state index contributed by atoms with van der Waals surface area (Å²) in [5.74, 6) is 1.69. The van der Waals surface area contributed by atoms with Crippen molar-refractivity contribution in [1.29, 1.82) is 0 Å². The predicted molar refractivity (Wildman–Crippen MR) is 54.2 cm³/mol. The van der Waals surface area contributed by atoms with Gasteiger partial charge in [0.05, 0.1) is 10.7 Å². The molecule has 0 bridgehead atoms. The predicted octanol–water partition coefficient (Wildman–Crippen LogP) is 1.78. The van der Waals surface area contributed by atoms with Crippen LogP contribution < -0.4 is 5.32 Å². The molecule has 0 atom stereocenters. The Morgan fingerprint density at radius 1 is 1.46 bits per heavy atom. The van der Waals surface area contributed by atoms with E-state index in [0.717, 1.165) is 11.8 Å². The Balaban J connectivity index is 1.66. The van der Waals surface area contributed by atoms with Crippen molar-refractivity contribution in [1.82, 2.24) is 10.3 Å². The Hall–Kier alpha value is -0.410. The van der Waals surface area contributed by atoms with Gasteiger partial charge in [0.1, 0.15) is 0 Å². The molecule has 0 radical (unpaired) electrons. The molecule has 1 saturated carbocycles. The van der Waals surface area contributed by atoms with Gasteiger partial charge in [0.2, 0.25) is 0 Å². The normalized spacial score (nSPS) is 23.1. The third kappa shape index (κ3) is 1.63. The largest absolute Gasteiger partial charge is 0.316 e. The quantitative estimate of drug-likeness (QED) is 0.793. The fraction of sp³-hybridized carbons (Fsp3) is 0.700. The number of rotatable bonds is 3. The van der Waals surface area contributed by atoms with Gasteiger partial charge in [-0.1, -0.05) is 0 Å². The van der Waals surface area contributed by atoms with Crippen molar-refractivity contribution >= 4 is 11.3 Å². The van der Waals surface area contributed by atoms with E-state index in [-0.39, 0.29) is 0 Å². The van der Waals surface area contributed by atoms with Crippen molar-refractivity contribution in [3.05, 3.63) is 16.1 Å². The van der Waals surface area contributed by atoms with Gasteiger partial charge in [0.25, 0.3) is 0 Å². The third-order valence-electron chi connectivity index (χ3n) is 2.86. The molecule has 3 rings (SSSR count). The van der Waals surface area contributed by atoms with Crippen molar-refractivity contribution in [2.45, 2.75) is 25.2 Å². The Bertz CT molecular complexity index is 300. The second kappa shape index (κ2) is 3.07. The smallest absolute Gasteiger partial charge is 0.0959 e. The minimum atomic E-state index is 0.832. The fourth-order valence-corrected chi connectivity index (χ4v) is 2.73. The number of aromatic nitrogens is 1. The topological polar surface area (TPSA) is 24.9 Å². The highest BCUT2D eigenvalue weighted by Crippen LogP contribution is 2.41. The second-order valence-corrected chi connectivity index (χ2v) is 5.07. The first-order chi connectivity index (χ1) is 6.42. The second-order valence-electron chi connectivity index (χ2n) is 4.18. The molecule has 13 heavy (non-hydrogen) atoms. The average Bonchev–Trinajstić information content (AvgIpc) is 2.80. The molecule has 1 N–H and O–H groups in total. The van der Waals surface area contributed by atoms with Crippen molar-refractivity contribution in [3.8, 4) is 0 Å². The molecule has 2 heterocycles. The van der Waals surface area contributed by atoms with Crippen molar-refractivity contribution in [2.75, 3.05) is 13.1 Å². The molecule has 2 nitrogen and oxygen atoms in total. The highest BCUT2D eigenvalue weighted by molar-refractivity contribution is 7.09. The third-order valence-corrected chi connectivity index (χ3v) is 3.92. The highest BCUT2D eigenvalue weighted by Gasteiger charge is 2.27. The lowest BCUT2D eigenvalue weighted by Gasteiger charge is -2.26. The number of nitrogens with one attached hydrogen (secondary N) is 1. The molecule has 1 saturated heterocycles.